The number of nitrogen functional groups attached to an aromatic ring is 2. The number of carboxylic acids is 2. The topological polar surface area (TPSA) is 474 Å². The van der Waals surface area contributed by atoms with Crippen LogP contribution in [0.3, 0.4) is 0 Å². The van der Waals surface area contributed by atoms with Crippen LogP contribution in [0, 0.1) is 32.6 Å². The Morgan fingerprint density at radius 3 is 1.08 bits per heavy atom. The molecule has 0 unspecified atom stereocenters. The van der Waals surface area contributed by atoms with Gasteiger partial charge in [-0.2, -0.15) is 25.3 Å². The van der Waals surface area contributed by atoms with Crippen LogP contribution >= 0.6 is 23.2 Å². The zero-order valence-electron chi connectivity index (χ0n) is 62.3. The van der Waals surface area contributed by atoms with E-state index in [1.807, 2.05) is 34.6 Å². The minimum atomic E-state index is -4.02. The van der Waals surface area contributed by atoms with Gasteiger partial charge in [-0.3, -0.25) is 63.7 Å². The first-order valence-corrected chi connectivity index (χ1v) is 39.5. The third-order valence-corrected chi connectivity index (χ3v) is 19.6. The lowest BCUT2D eigenvalue weighted by Crippen LogP contribution is -2.50. The number of nitrogens with one attached hydrogen (secondary N) is 4. The predicted molar refractivity (Wildman–Crippen MR) is 419 cm³/mol. The van der Waals surface area contributed by atoms with Crippen molar-refractivity contribution in [1.82, 2.24) is 31.4 Å². The Kier molecular flexibility index (Phi) is 35.7. The molecule has 0 aliphatic carbocycles. The molecule has 111 heavy (non-hydrogen) atoms. The highest BCUT2D eigenvalue weighted by Gasteiger charge is 2.37. The van der Waals surface area contributed by atoms with Gasteiger partial charge in [0.2, 0.25) is 11.8 Å². The molecule has 0 bridgehead atoms. The highest BCUT2D eigenvalue weighted by Crippen LogP contribution is 2.31. The van der Waals surface area contributed by atoms with E-state index in [2.05, 4.69) is 31.6 Å². The number of aromatic carboxylic acids is 2. The molecule has 0 spiro atoms. The van der Waals surface area contributed by atoms with Gasteiger partial charge >= 0.3 is 24.0 Å². The molecule has 6 amide bonds. The molecule has 36 heteroatoms. The van der Waals surface area contributed by atoms with E-state index >= 15 is 0 Å². The Morgan fingerprint density at radius 1 is 0.505 bits per heavy atom. The number of urea groups is 2. The summed E-state index contributed by atoms with van der Waals surface area (Å²) in [6, 6.07) is 35.1. The largest absolute Gasteiger partial charge is 0.496 e. The number of hydrogen-bond acceptors (Lipinski definition) is 22. The summed E-state index contributed by atoms with van der Waals surface area (Å²) in [6.07, 6.45) is 3.03. The van der Waals surface area contributed by atoms with Crippen LogP contribution in [0.5, 0.6) is 11.5 Å². The molecule has 0 saturated carbocycles. The molecule has 600 valence electrons. The molecule has 0 saturated heterocycles. The quantitative estimate of drug-likeness (QED) is 0.0161. The molecule has 7 aromatic rings. The second kappa shape index (κ2) is 43.4. The third kappa shape index (κ3) is 28.8. The zero-order chi connectivity index (χ0) is 82.5. The van der Waals surface area contributed by atoms with Gasteiger partial charge in [-0.1, -0.05) is 115 Å². The number of amidine groups is 2. The van der Waals surface area contributed by atoms with Gasteiger partial charge in [0.15, 0.2) is 0 Å². The highest BCUT2D eigenvalue weighted by atomic mass is 35.5. The van der Waals surface area contributed by atoms with Crippen LogP contribution in [0.15, 0.2) is 170 Å². The molecule has 7 aromatic carbocycles. The van der Waals surface area contributed by atoms with Crippen LogP contribution in [0.25, 0.3) is 0 Å². The lowest BCUT2D eigenvalue weighted by Gasteiger charge is -2.27. The van der Waals surface area contributed by atoms with Crippen LogP contribution < -0.4 is 42.5 Å². The number of ether oxygens (including phenoxy) is 2. The first kappa shape index (κ1) is 91.3. The summed E-state index contributed by atoms with van der Waals surface area (Å²) >= 11 is 12.4. The fourth-order valence-corrected chi connectivity index (χ4v) is 12.6. The summed E-state index contributed by atoms with van der Waals surface area (Å²) in [7, 11) is -8.99. The minimum absolute atomic E-state index is 0.0230. The van der Waals surface area contributed by atoms with Gasteiger partial charge in [0, 0.05) is 21.4 Å². The molecule has 13 N–H and O–H groups in total. The van der Waals surface area contributed by atoms with E-state index in [4.69, 9.17) is 67.5 Å². The van der Waals surface area contributed by atoms with E-state index in [1.165, 1.54) is 74.9 Å². The van der Waals surface area contributed by atoms with Crippen LogP contribution in [0.4, 0.5) is 21.0 Å². The van der Waals surface area contributed by atoms with Crippen LogP contribution in [-0.4, -0.2) is 160 Å². The summed E-state index contributed by atoms with van der Waals surface area (Å²) in [5.74, 6) is -2.61. The van der Waals surface area contributed by atoms with Gasteiger partial charge in [0.05, 0.1) is 103 Å². The number of carboxylic acid groups (broad SMARTS) is 2. The molecular formula is C75H92Cl2N10O21S3. The lowest BCUT2D eigenvalue weighted by atomic mass is 9.97. The van der Waals surface area contributed by atoms with Gasteiger partial charge < -0.3 is 41.8 Å². The number of rotatable bonds is 23. The molecule has 2 aliphatic heterocycles. The van der Waals surface area contributed by atoms with E-state index in [0.29, 0.717) is 70.4 Å². The number of halogens is 2. The SMILES string of the molecule is CCC[C@@H](NC(=O)N1CC(NOCC)=NC[C@H](Cc2cc(Cl)ccc2OC)C1=O)c1ccc(C(=O)O)c(N)c1.CCC[C@@H](NC(=O)N1CC(NOCC)=NC[C@H](Cc2cc(Cl)ccc2OC)C1=O)c1ccc(C(=O)O)c(N)c1.Cc1ccc(S(=O)(=O)O)cc1.Cc1ccc(S(=O)(=O)O)cc1.Cc1ccc(S(=O)(=O)O)cc1. The van der Waals surface area contributed by atoms with E-state index in [1.54, 1.807) is 98.8 Å². The number of aryl methyl sites for hydroxylation is 3. The summed E-state index contributed by atoms with van der Waals surface area (Å²) < 4.78 is 99.5. The molecule has 0 aromatic heterocycles. The monoisotopic (exact) mass is 1630 g/mol. The van der Waals surface area contributed by atoms with Crippen LogP contribution in [0.2, 0.25) is 10.0 Å². The second-order valence-electron chi connectivity index (χ2n) is 25.0. The third-order valence-electron chi connectivity index (χ3n) is 16.6. The maximum atomic E-state index is 13.7. The van der Waals surface area contributed by atoms with E-state index in [0.717, 1.165) is 50.5 Å². The standard InChI is InChI=1S/2C27H34ClN5O6.3C7H8O3S/c2*1-4-6-22(16-7-9-20(26(35)36)21(29)13-16)31-27(37)33-15-24(32-39-5-2)30-14-18(25(33)34)11-17-12-19(28)8-10-23(17)38-3;3*1-6-2-4-7(5-3-6)11(8,9)10/h2*7-10,12-13,18,22H,4-6,11,14-15,29H2,1-3H3,(H,30,32)(H,31,37)(H,35,36);3*2-5H,1H3,(H,8,9,10)/t2*18-,22+;;;/m00.../s1. The summed E-state index contributed by atoms with van der Waals surface area (Å²) in [4.78, 5) is 98.9. The van der Waals surface area contributed by atoms with Crippen LogP contribution in [0.1, 0.15) is 125 Å². The average Bonchev–Trinajstić information content (AvgIpc) is 1.81. The van der Waals surface area contributed by atoms with Crippen molar-refractivity contribution in [1.29, 1.82) is 0 Å². The number of hydrogen-bond donors (Lipinski definition) is 11. The maximum Gasteiger partial charge on any atom is 0.337 e. The molecular weight excluding hydrogens is 1540 g/mol. The number of nitrogens with zero attached hydrogens (tertiary/aromatic N) is 4. The van der Waals surface area contributed by atoms with Crippen molar-refractivity contribution in [2.75, 3.05) is 65.1 Å². The van der Waals surface area contributed by atoms with Gasteiger partial charge in [-0.05, 0) is 180 Å². The Hall–Kier alpha value is -10.3. The normalized spacial score (nSPS) is 14.8. The smallest absolute Gasteiger partial charge is 0.337 e. The number of amides is 6. The molecule has 31 nitrogen and oxygen atoms in total. The molecule has 0 fully saturated rings. The average molecular weight is 1640 g/mol. The van der Waals surface area contributed by atoms with E-state index in [-0.39, 0.29) is 76.2 Å². The van der Waals surface area contributed by atoms with Gasteiger partial charge in [-0.25, -0.2) is 19.2 Å². The van der Waals surface area contributed by atoms with Crippen molar-refractivity contribution >= 4 is 112 Å². The van der Waals surface area contributed by atoms with Gasteiger partial charge in [0.25, 0.3) is 30.4 Å². The molecule has 0 radical (unpaired) electrons. The number of carbonyl (C=O) groups excluding carboxylic acids is 4. The Bertz CT molecular complexity index is 4430. The van der Waals surface area contributed by atoms with Crippen molar-refractivity contribution in [3.63, 3.8) is 0 Å². The van der Waals surface area contributed by atoms with Crippen molar-refractivity contribution < 1.29 is 97.0 Å². The van der Waals surface area contributed by atoms with Crippen molar-refractivity contribution in [3.8, 4) is 11.5 Å². The number of hydroxylamine groups is 2. The lowest BCUT2D eigenvalue weighted by molar-refractivity contribution is -0.132. The second-order valence-corrected chi connectivity index (χ2v) is 30.1. The first-order chi connectivity index (χ1) is 52.3. The molecule has 2 heterocycles. The number of methoxy groups -OCH3 is 2. The maximum absolute atomic E-state index is 13.7. The minimum Gasteiger partial charge on any atom is -0.496 e. The van der Waals surface area contributed by atoms with Gasteiger partial charge in [-0.15, -0.1) is 0 Å². The summed E-state index contributed by atoms with van der Waals surface area (Å²) in [5, 5.41) is 25.4. The summed E-state index contributed by atoms with van der Waals surface area (Å²) in [5.41, 5.74) is 23.1. The van der Waals surface area contributed by atoms with Gasteiger partial charge in [0.1, 0.15) is 23.2 Å². The molecule has 2 aliphatic rings. The van der Waals surface area contributed by atoms with Crippen molar-refractivity contribution in [2.24, 2.45) is 21.8 Å². The molecule has 9 rings (SSSR count). The number of aliphatic imine (C=N–C) groups is 2. The number of benzene rings is 7. The zero-order valence-corrected chi connectivity index (χ0v) is 66.3. The Balaban J connectivity index is 0.000000282. The van der Waals surface area contributed by atoms with E-state index < -0.39 is 90.1 Å². The number of carbonyl (C=O) groups is 6. The Morgan fingerprint density at radius 2 is 0.820 bits per heavy atom. The number of anilines is 2. The van der Waals surface area contributed by atoms with Crippen molar-refractivity contribution in [3.05, 3.63) is 206 Å². The fourth-order valence-electron chi connectivity index (χ4n) is 10.8. The number of imide groups is 2. The van der Waals surface area contributed by atoms with Crippen LogP contribution in [-0.2, 0) is 62.5 Å². The first-order valence-electron chi connectivity index (χ1n) is 34.4. The van der Waals surface area contributed by atoms with Crippen molar-refractivity contribution in [2.45, 2.75) is 114 Å². The molecule has 4 atom stereocenters. The summed E-state index contributed by atoms with van der Waals surface area (Å²) in [6.45, 7) is 13.7. The predicted octanol–water partition coefficient (Wildman–Crippen LogP) is 11.4. The fraction of sp³-hybridized carbons (Fsp3) is 0.333. The number of nitrogens with two attached hydrogens (primary N) is 2. The highest BCUT2D eigenvalue weighted by molar-refractivity contribution is 7.86. The Labute approximate surface area is 654 Å². The van der Waals surface area contributed by atoms with E-state index in [9.17, 15) is 64.2 Å².